The van der Waals surface area contributed by atoms with Crippen molar-refractivity contribution < 1.29 is 42.8 Å². The molecule has 170 valence electrons. The Morgan fingerprint density at radius 3 is 2.47 bits per heavy atom. The highest BCUT2D eigenvalue weighted by Gasteiger charge is 2.27. The van der Waals surface area contributed by atoms with Gasteiger partial charge in [-0.15, -0.1) is 0 Å². The number of rotatable bonds is 9. The van der Waals surface area contributed by atoms with Crippen molar-refractivity contribution in [3.05, 3.63) is 41.7 Å². The molecule has 32 heavy (non-hydrogen) atoms. The molecule has 1 heterocycles. The van der Waals surface area contributed by atoms with Gasteiger partial charge in [-0.2, -0.15) is 0 Å². The number of ether oxygens (including phenoxy) is 6. The number of hydrogen-bond acceptors (Lipinski definition) is 9. The molecule has 0 atom stereocenters. The number of carbonyl (C=O) groups excluding carboxylic acids is 3. The summed E-state index contributed by atoms with van der Waals surface area (Å²) in [5, 5.41) is 0.901. The van der Waals surface area contributed by atoms with Crippen molar-refractivity contribution in [2.24, 2.45) is 0 Å². The Balaban J connectivity index is 2.20. The molecule has 1 aliphatic heterocycles. The lowest BCUT2D eigenvalue weighted by molar-refractivity contribution is -0.142. The second-order valence-corrected chi connectivity index (χ2v) is 6.51. The van der Waals surface area contributed by atoms with Crippen molar-refractivity contribution in [2.75, 3.05) is 26.6 Å². The van der Waals surface area contributed by atoms with E-state index in [1.807, 2.05) is 0 Å². The third-order valence-corrected chi connectivity index (χ3v) is 4.48. The van der Waals surface area contributed by atoms with E-state index in [4.69, 9.17) is 28.4 Å². The lowest BCUT2D eigenvalue weighted by Crippen LogP contribution is -2.12. The zero-order valence-corrected chi connectivity index (χ0v) is 18.1. The molecule has 2 aromatic carbocycles. The molecule has 0 spiro atoms. The van der Waals surface area contributed by atoms with Gasteiger partial charge in [-0.1, -0.05) is 0 Å². The first-order chi connectivity index (χ1) is 15.5. The van der Waals surface area contributed by atoms with Crippen LogP contribution in [0.3, 0.4) is 0 Å². The molecule has 0 aromatic heterocycles. The first kappa shape index (κ1) is 22.9. The van der Waals surface area contributed by atoms with Crippen LogP contribution < -0.4 is 14.2 Å². The maximum Gasteiger partial charge on any atom is 0.338 e. The van der Waals surface area contributed by atoms with Crippen molar-refractivity contribution in [1.82, 2.24) is 0 Å². The molecule has 0 radical (unpaired) electrons. The van der Waals surface area contributed by atoms with E-state index in [1.54, 1.807) is 32.9 Å². The molecule has 0 saturated carbocycles. The van der Waals surface area contributed by atoms with E-state index < -0.39 is 17.9 Å². The Labute approximate surface area is 184 Å². The number of hydrogen-bond donors (Lipinski definition) is 0. The Hall–Kier alpha value is -3.75. The molecule has 0 unspecified atom stereocenters. The lowest BCUT2D eigenvalue weighted by Gasteiger charge is -2.16. The summed E-state index contributed by atoms with van der Waals surface area (Å²) in [4.78, 5) is 36.6. The number of esters is 3. The second kappa shape index (κ2) is 10.5. The van der Waals surface area contributed by atoms with Crippen LogP contribution in [0.15, 0.2) is 30.5 Å². The van der Waals surface area contributed by atoms with Crippen LogP contribution in [-0.2, 0) is 30.2 Å². The van der Waals surface area contributed by atoms with E-state index in [9.17, 15) is 14.4 Å². The molecule has 0 saturated heterocycles. The highest BCUT2D eigenvalue weighted by molar-refractivity contribution is 6.10. The third-order valence-electron chi connectivity index (χ3n) is 4.48. The lowest BCUT2D eigenvalue weighted by atomic mass is 9.96. The van der Waals surface area contributed by atoms with E-state index in [1.165, 1.54) is 6.07 Å². The predicted molar refractivity (Wildman–Crippen MR) is 113 cm³/mol. The molecule has 2 aromatic rings. The van der Waals surface area contributed by atoms with Gasteiger partial charge in [-0.25, -0.2) is 9.59 Å². The first-order valence-corrected chi connectivity index (χ1v) is 10.2. The summed E-state index contributed by atoms with van der Waals surface area (Å²) in [6, 6.07) is 4.88. The smallest absolute Gasteiger partial charge is 0.338 e. The van der Waals surface area contributed by atoms with Crippen LogP contribution >= 0.6 is 0 Å². The highest BCUT2D eigenvalue weighted by Crippen LogP contribution is 2.46. The van der Waals surface area contributed by atoms with E-state index in [0.717, 1.165) is 12.3 Å². The largest absolute Gasteiger partial charge is 0.466 e. The predicted octanol–water partition coefficient (Wildman–Crippen LogP) is 3.31. The molecule has 1 aliphatic rings. The Kier molecular flexibility index (Phi) is 7.54. The van der Waals surface area contributed by atoms with Gasteiger partial charge in [0.15, 0.2) is 11.5 Å². The Bertz CT molecular complexity index is 1060. The summed E-state index contributed by atoms with van der Waals surface area (Å²) in [5.41, 5.74) is 0.595. The maximum absolute atomic E-state index is 12.7. The van der Waals surface area contributed by atoms with Gasteiger partial charge in [-0.3, -0.25) is 4.79 Å². The highest BCUT2D eigenvalue weighted by atomic mass is 16.7. The fourth-order valence-corrected chi connectivity index (χ4v) is 3.26. The van der Waals surface area contributed by atoms with Gasteiger partial charge in [0.25, 0.3) is 0 Å². The van der Waals surface area contributed by atoms with Crippen molar-refractivity contribution >= 4 is 28.7 Å². The fourth-order valence-electron chi connectivity index (χ4n) is 3.26. The normalized spacial score (nSPS) is 12.1. The van der Waals surface area contributed by atoms with Crippen LogP contribution in [-0.4, -0.2) is 44.5 Å². The molecule has 9 nitrogen and oxygen atoms in total. The van der Waals surface area contributed by atoms with Gasteiger partial charge >= 0.3 is 17.9 Å². The zero-order chi connectivity index (χ0) is 23.1. The molecule has 0 aliphatic carbocycles. The summed E-state index contributed by atoms with van der Waals surface area (Å²) in [7, 11) is 0. The third kappa shape index (κ3) is 4.93. The Morgan fingerprint density at radius 1 is 1.00 bits per heavy atom. The van der Waals surface area contributed by atoms with Gasteiger partial charge in [0, 0.05) is 10.9 Å². The number of fused-ring (bicyclic) bond motifs is 3. The van der Waals surface area contributed by atoms with Crippen molar-refractivity contribution in [2.45, 2.75) is 27.2 Å². The van der Waals surface area contributed by atoms with Gasteiger partial charge in [0.05, 0.1) is 49.5 Å². The standard InChI is InChI=1S/C23H24O9/c1-4-27-18(24)9-10-30-21-14(12-19(25)28-5-2)11-16(23(26)29-6-3)15-7-8-17-22(20(15)21)32-13-31-17/h7-11H,4-6,12-13H2,1-3H3/b10-9+. The quantitative estimate of drug-likeness (QED) is 0.249. The molecule has 0 amide bonds. The topological polar surface area (TPSA) is 107 Å². The zero-order valence-electron chi connectivity index (χ0n) is 18.1. The van der Waals surface area contributed by atoms with Crippen molar-refractivity contribution in [3.63, 3.8) is 0 Å². The molecule has 9 heteroatoms. The minimum Gasteiger partial charge on any atom is -0.466 e. The van der Waals surface area contributed by atoms with Gasteiger partial charge in [0.1, 0.15) is 5.75 Å². The first-order valence-electron chi connectivity index (χ1n) is 10.2. The summed E-state index contributed by atoms with van der Waals surface area (Å²) in [5.74, 6) is -0.612. The molecule has 0 bridgehead atoms. The minimum atomic E-state index is -0.586. The monoisotopic (exact) mass is 444 g/mol. The SMILES string of the molecule is CCOC(=O)/C=C/Oc1c(CC(=O)OCC)cc(C(=O)OCC)c2ccc3c(c12)OCO3. The summed E-state index contributed by atoms with van der Waals surface area (Å²) < 4.78 is 32.0. The minimum absolute atomic E-state index is 0.0105. The van der Waals surface area contributed by atoms with Crippen LogP contribution in [0.25, 0.3) is 10.8 Å². The van der Waals surface area contributed by atoms with Crippen LogP contribution in [0.2, 0.25) is 0 Å². The van der Waals surface area contributed by atoms with E-state index in [0.29, 0.717) is 27.8 Å². The molecule has 0 fully saturated rings. The summed E-state index contributed by atoms with van der Waals surface area (Å²) in [6.45, 7) is 5.66. The average molecular weight is 444 g/mol. The molecular weight excluding hydrogens is 420 g/mol. The van der Waals surface area contributed by atoms with Crippen LogP contribution in [0, 0.1) is 0 Å². The molecule has 0 N–H and O–H groups in total. The van der Waals surface area contributed by atoms with Gasteiger partial charge < -0.3 is 28.4 Å². The van der Waals surface area contributed by atoms with Gasteiger partial charge in [0.2, 0.25) is 6.79 Å². The summed E-state index contributed by atoms with van der Waals surface area (Å²) in [6.07, 6.45) is 2.09. The second-order valence-electron chi connectivity index (χ2n) is 6.51. The van der Waals surface area contributed by atoms with Crippen molar-refractivity contribution in [1.29, 1.82) is 0 Å². The fraction of sp³-hybridized carbons (Fsp3) is 0.348. The number of carbonyl (C=O) groups is 3. The summed E-state index contributed by atoms with van der Waals surface area (Å²) >= 11 is 0. The van der Waals surface area contributed by atoms with E-state index in [-0.39, 0.29) is 44.3 Å². The molecular formula is C23H24O9. The average Bonchev–Trinajstić information content (AvgIpc) is 3.24. The van der Waals surface area contributed by atoms with Crippen LogP contribution in [0.5, 0.6) is 17.2 Å². The van der Waals surface area contributed by atoms with Crippen LogP contribution in [0.4, 0.5) is 0 Å². The van der Waals surface area contributed by atoms with Crippen molar-refractivity contribution in [3.8, 4) is 17.2 Å². The van der Waals surface area contributed by atoms with E-state index in [2.05, 4.69) is 0 Å². The Morgan fingerprint density at radius 2 is 1.75 bits per heavy atom. The number of benzene rings is 2. The van der Waals surface area contributed by atoms with Crippen LogP contribution in [0.1, 0.15) is 36.7 Å². The molecule has 3 rings (SSSR count). The van der Waals surface area contributed by atoms with Gasteiger partial charge in [-0.05, 0) is 39.0 Å². The maximum atomic E-state index is 12.7. The van der Waals surface area contributed by atoms with E-state index >= 15 is 0 Å².